The van der Waals surface area contributed by atoms with Gasteiger partial charge in [0.15, 0.2) is 9.92 Å². The zero-order valence-corrected chi connectivity index (χ0v) is 28.5. The molecule has 4 aromatic carbocycles. The first kappa shape index (κ1) is 32.2. The fourth-order valence-electron chi connectivity index (χ4n) is 7.70. The van der Waals surface area contributed by atoms with E-state index < -0.39 is 21.5 Å². The van der Waals surface area contributed by atoms with Crippen molar-refractivity contribution in [1.82, 2.24) is 14.5 Å². The highest BCUT2D eigenvalue weighted by Gasteiger charge is 2.41. The number of carbonyl (C=O) groups excluding carboxylic acids is 1. The van der Waals surface area contributed by atoms with Gasteiger partial charge in [0.05, 0.1) is 12.7 Å². The van der Waals surface area contributed by atoms with Gasteiger partial charge in [0.1, 0.15) is 29.0 Å². The summed E-state index contributed by atoms with van der Waals surface area (Å²) in [6, 6.07) is 28.2. The SMILES string of the molecule is COC1COc2c(S(=O)(=NC(c3ccccc3)(c3ccccc3)c3ccccc3)NC(=O)Nc3c4c(c(F)c5c3CCC5)CCC4)cnn2C1. The Morgan fingerprint density at radius 2 is 1.40 bits per heavy atom. The van der Waals surface area contributed by atoms with Crippen LogP contribution in [0, 0.1) is 5.82 Å². The van der Waals surface area contributed by atoms with E-state index in [0.29, 0.717) is 49.0 Å². The van der Waals surface area contributed by atoms with E-state index in [1.807, 2.05) is 91.0 Å². The average Bonchev–Trinajstić information content (AvgIpc) is 3.94. The molecule has 256 valence electrons. The molecule has 3 aliphatic rings. The van der Waals surface area contributed by atoms with Crippen LogP contribution in [0.4, 0.5) is 14.9 Å². The molecule has 11 heteroatoms. The van der Waals surface area contributed by atoms with Gasteiger partial charge in [0.25, 0.3) is 0 Å². The van der Waals surface area contributed by atoms with Crippen LogP contribution >= 0.6 is 0 Å². The lowest BCUT2D eigenvalue weighted by atomic mass is 9.78. The molecule has 2 N–H and O–H groups in total. The molecule has 2 heterocycles. The Hall–Kier alpha value is -5.00. The summed E-state index contributed by atoms with van der Waals surface area (Å²) < 4.78 is 52.9. The van der Waals surface area contributed by atoms with Gasteiger partial charge in [-0.3, -0.25) is 0 Å². The molecule has 0 fully saturated rings. The Kier molecular flexibility index (Phi) is 8.40. The highest BCUT2D eigenvalue weighted by atomic mass is 32.2. The summed E-state index contributed by atoms with van der Waals surface area (Å²) >= 11 is 0. The first-order chi connectivity index (χ1) is 24.4. The number of nitrogens with one attached hydrogen (secondary N) is 2. The van der Waals surface area contributed by atoms with Gasteiger partial charge in [0.2, 0.25) is 5.88 Å². The predicted octanol–water partition coefficient (Wildman–Crippen LogP) is 6.96. The number of urea groups is 1. The largest absolute Gasteiger partial charge is 0.474 e. The van der Waals surface area contributed by atoms with E-state index >= 15 is 8.60 Å². The van der Waals surface area contributed by atoms with Gasteiger partial charge in [-0.1, -0.05) is 91.0 Å². The number of aromatic nitrogens is 2. The predicted molar refractivity (Wildman–Crippen MR) is 189 cm³/mol. The molecular weight excluding hydrogens is 654 g/mol. The van der Waals surface area contributed by atoms with E-state index in [1.165, 1.54) is 6.20 Å². The van der Waals surface area contributed by atoms with Crippen LogP contribution in [0.25, 0.3) is 0 Å². The molecule has 0 bridgehead atoms. The molecule has 2 unspecified atom stereocenters. The second-order valence-corrected chi connectivity index (χ2v) is 14.8. The molecule has 1 aliphatic heterocycles. The number of anilines is 1. The molecule has 2 atom stereocenters. The van der Waals surface area contributed by atoms with Crippen molar-refractivity contribution in [1.29, 1.82) is 0 Å². The summed E-state index contributed by atoms with van der Waals surface area (Å²) in [5, 5.41) is 7.57. The fraction of sp³-hybridized carbons (Fsp3) is 0.282. The third kappa shape index (κ3) is 5.45. The maximum absolute atomic E-state index is 16.0. The van der Waals surface area contributed by atoms with Crippen LogP contribution in [0.3, 0.4) is 0 Å². The molecular formula is C39H38FN5O4S. The molecule has 0 saturated carbocycles. The molecule has 9 nitrogen and oxygen atoms in total. The lowest BCUT2D eigenvalue weighted by Gasteiger charge is -2.33. The van der Waals surface area contributed by atoms with Crippen LogP contribution in [-0.2, 0) is 52.4 Å². The van der Waals surface area contributed by atoms with Gasteiger partial charge in [-0.15, -0.1) is 0 Å². The molecule has 5 aromatic rings. The minimum absolute atomic E-state index is 0.133. The van der Waals surface area contributed by atoms with Gasteiger partial charge >= 0.3 is 6.03 Å². The number of rotatable bonds is 8. The summed E-state index contributed by atoms with van der Waals surface area (Å²) in [5.41, 5.74) is 4.54. The van der Waals surface area contributed by atoms with Gasteiger partial charge < -0.3 is 14.8 Å². The molecule has 0 spiro atoms. The van der Waals surface area contributed by atoms with Crippen molar-refractivity contribution in [2.75, 3.05) is 19.0 Å². The van der Waals surface area contributed by atoms with Crippen molar-refractivity contribution >= 4 is 21.6 Å². The van der Waals surface area contributed by atoms with Crippen LogP contribution in [0.2, 0.25) is 0 Å². The molecule has 2 amide bonds. The number of benzene rings is 4. The van der Waals surface area contributed by atoms with Crippen molar-refractivity contribution < 1.29 is 22.9 Å². The highest BCUT2D eigenvalue weighted by molar-refractivity contribution is 7.92. The fourth-order valence-corrected chi connectivity index (χ4v) is 9.55. The molecule has 8 rings (SSSR count). The maximum Gasteiger partial charge on any atom is 0.331 e. The average molecular weight is 692 g/mol. The number of hydrogen-bond donors (Lipinski definition) is 2. The Morgan fingerprint density at radius 3 is 1.92 bits per heavy atom. The first-order valence-electron chi connectivity index (χ1n) is 17.0. The Balaban J connectivity index is 1.34. The number of amides is 2. The summed E-state index contributed by atoms with van der Waals surface area (Å²) in [6.45, 7) is 0.592. The normalized spacial score (nSPS) is 17.5. The minimum atomic E-state index is -3.91. The van der Waals surface area contributed by atoms with E-state index in [1.54, 1.807) is 11.8 Å². The van der Waals surface area contributed by atoms with Crippen LogP contribution in [0.15, 0.2) is 106 Å². The lowest BCUT2D eigenvalue weighted by molar-refractivity contribution is 0.0165. The molecule has 0 saturated heterocycles. The van der Waals surface area contributed by atoms with Crippen molar-refractivity contribution in [2.45, 2.75) is 61.6 Å². The smallest absolute Gasteiger partial charge is 0.331 e. The second kappa shape index (κ2) is 13.0. The standard InChI is InChI=1S/C39H38FN5O4S/c1-48-29-24-45-37(49-25-29)34(23-41-45)50(47,43-38(46)42-36-32-21-11-19-30(32)35(40)31-20-12-22-33(31)36)44-39(26-13-5-2-6-14-26,27-15-7-3-8-16-27)28-17-9-4-10-18-28/h2-10,13-18,23,29H,11-12,19-22,24-25H2,1H3,(H2,42,43,44,46,47). The Bertz CT molecular complexity index is 2050. The summed E-state index contributed by atoms with van der Waals surface area (Å²) in [5.74, 6) is 0.116. The van der Waals surface area contributed by atoms with Crippen molar-refractivity contribution in [3.8, 4) is 5.88 Å². The van der Waals surface area contributed by atoms with Crippen molar-refractivity contribution in [3.63, 3.8) is 0 Å². The van der Waals surface area contributed by atoms with Crippen molar-refractivity contribution in [2.24, 2.45) is 4.36 Å². The summed E-state index contributed by atoms with van der Waals surface area (Å²) in [4.78, 5) is 14.5. The van der Waals surface area contributed by atoms with Crippen LogP contribution in [-0.4, -0.2) is 39.8 Å². The maximum atomic E-state index is 16.0. The highest BCUT2D eigenvalue weighted by Crippen LogP contribution is 2.44. The number of fused-ring (bicyclic) bond motifs is 3. The number of ether oxygens (including phenoxy) is 2. The number of hydrogen-bond acceptors (Lipinski definition) is 6. The zero-order valence-electron chi connectivity index (χ0n) is 27.7. The van der Waals surface area contributed by atoms with Crippen LogP contribution in [0.1, 0.15) is 51.8 Å². The molecule has 1 aromatic heterocycles. The number of halogens is 1. The quantitative estimate of drug-likeness (QED) is 0.171. The Morgan fingerprint density at radius 1 is 0.880 bits per heavy atom. The number of carbonyl (C=O) groups is 1. The lowest BCUT2D eigenvalue weighted by Crippen LogP contribution is -2.39. The van der Waals surface area contributed by atoms with E-state index in [4.69, 9.17) is 13.8 Å². The Labute approximate surface area is 291 Å². The molecule has 50 heavy (non-hydrogen) atoms. The minimum Gasteiger partial charge on any atom is -0.474 e. The van der Waals surface area contributed by atoms with E-state index in [2.05, 4.69) is 15.1 Å². The van der Waals surface area contributed by atoms with Gasteiger partial charge in [-0.2, -0.15) is 9.46 Å². The van der Waals surface area contributed by atoms with E-state index in [-0.39, 0.29) is 29.3 Å². The third-order valence-corrected chi connectivity index (χ3v) is 11.9. The second-order valence-electron chi connectivity index (χ2n) is 13.0. The summed E-state index contributed by atoms with van der Waals surface area (Å²) in [6.07, 6.45) is 5.43. The number of nitrogens with zero attached hydrogens (tertiary/aromatic N) is 3. The van der Waals surface area contributed by atoms with E-state index in [0.717, 1.165) is 40.7 Å². The first-order valence-corrected chi connectivity index (χ1v) is 18.5. The van der Waals surface area contributed by atoms with Gasteiger partial charge in [0, 0.05) is 12.8 Å². The van der Waals surface area contributed by atoms with E-state index in [9.17, 15) is 4.79 Å². The zero-order chi connectivity index (χ0) is 34.3. The van der Waals surface area contributed by atoms with Gasteiger partial charge in [-0.25, -0.2) is 22.8 Å². The molecule has 0 radical (unpaired) electrons. The van der Waals surface area contributed by atoms with Crippen LogP contribution < -0.4 is 14.8 Å². The topological polar surface area (TPSA) is 107 Å². The monoisotopic (exact) mass is 691 g/mol. The summed E-state index contributed by atoms with van der Waals surface area (Å²) in [7, 11) is -2.31. The van der Waals surface area contributed by atoms with Crippen LogP contribution in [0.5, 0.6) is 5.88 Å². The third-order valence-electron chi connectivity index (χ3n) is 10.1. The van der Waals surface area contributed by atoms with Gasteiger partial charge in [-0.05, 0) is 77.5 Å². The number of methoxy groups -OCH3 is 1. The molecule has 2 aliphatic carbocycles. The van der Waals surface area contributed by atoms with Crippen molar-refractivity contribution in [3.05, 3.63) is 142 Å².